The highest BCUT2D eigenvalue weighted by atomic mass is 19.4. The second kappa shape index (κ2) is 3.16. The molecule has 0 bridgehead atoms. The van der Waals surface area contributed by atoms with Crippen molar-refractivity contribution in [3.05, 3.63) is 23.8 Å². The molecule has 0 heterocycles. The van der Waals surface area contributed by atoms with E-state index in [1.807, 2.05) is 0 Å². The zero-order valence-electron chi connectivity index (χ0n) is 6.94. The fraction of sp³-hybridized carbons (Fsp3) is 0.250. The van der Waals surface area contributed by atoms with Gasteiger partial charge in [-0.05, 0) is 18.2 Å². The van der Waals surface area contributed by atoms with Gasteiger partial charge in [-0.15, -0.1) is 0 Å². The van der Waals surface area contributed by atoms with E-state index in [1.165, 1.54) is 19.2 Å². The van der Waals surface area contributed by atoms with Gasteiger partial charge in [-0.1, -0.05) is 0 Å². The van der Waals surface area contributed by atoms with E-state index < -0.39 is 11.7 Å². The second-order valence-electron chi connectivity index (χ2n) is 2.55. The summed E-state index contributed by atoms with van der Waals surface area (Å²) in [5.74, 6) is 0. The number of hydrogen-bond donors (Lipinski definition) is 2. The van der Waals surface area contributed by atoms with Crippen molar-refractivity contribution in [1.29, 1.82) is 0 Å². The molecule has 1 aromatic carbocycles. The zero-order chi connectivity index (χ0) is 10.1. The number of hydrogen-bond acceptors (Lipinski definition) is 2. The Morgan fingerprint density at radius 3 is 2.38 bits per heavy atom. The maximum atomic E-state index is 12.3. The second-order valence-corrected chi connectivity index (χ2v) is 2.55. The number of rotatable bonds is 1. The van der Waals surface area contributed by atoms with Crippen LogP contribution in [0.5, 0.6) is 0 Å². The Balaban J connectivity index is 3.24. The van der Waals surface area contributed by atoms with E-state index in [0.29, 0.717) is 0 Å². The lowest BCUT2D eigenvalue weighted by Crippen LogP contribution is -2.09. The van der Waals surface area contributed by atoms with Crippen LogP contribution in [-0.2, 0) is 6.18 Å². The SMILES string of the molecule is CNc1ccc(N)cc1C(F)(F)F. The molecule has 2 nitrogen and oxygen atoms in total. The lowest BCUT2D eigenvalue weighted by atomic mass is 10.1. The molecule has 0 saturated carbocycles. The highest BCUT2D eigenvalue weighted by Crippen LogP contribution is 2.35. The van der Waals surface area contributed by atoms with E-state index in [-0.39, 0.29) is 11.4 Å². The van der Waals surface area contributed by atoms with Crippen molar-refractivity contribution in [3.8, 4) is 0 Å². The van der Waals surface area contributed by atoms with Gasteiger partial charge >= 0.3 is 6.18 Å². The lowest BCUT2D eigenvalue weighted by molar-refractivity contribution is -0.136. The first-order valence-corrected chi connectivity index (χ1v) is 3.59. The molecule has 0 aliphatic rings. The molecular formula is C8H9F3N2. The van der Waals surface area contributed by atoms with E-state index in [4.69, 9.17) is 5.73 Å². The number of alkyl halides is 3. The minimum atomic E-state index is -4.37. The summed E-state index contributed by atoms with van der Waals surface area (Å²) in [6.07, 6.45) is -4.37. The van der Waals surface area contributed by atoms with Crippen molar-refractivity contribution in [2.75, 3.05) is 18.1 Å². The van der Waals surface area contributed by atoms with Crippen LogP contribution in [0.25, 0.3) is 0 Å². The molecule has 0 aliphatic heterocycles. The molecule has 0 unspecified atom stereocenters. The van der Waals surface area contributed by atoms with E-state index in [0.717, 1.165) is 6.07 Å². The van der Waals surface area contributed by atoms with Gasteiger partial charge in [-0.3, -0.25) is 0 Å². The molecular weight excluding hydrogens is 181 g/mol. The molecule has 13 heavy (non-hydrogen) atoms. The molecule has 0 spiro atoms. The summed E-state index contributed by atoms with van der Waals surface area (Å²) in [6, 6.07) is 3.63. The number of benzene rings is 1. The Hall–Kier alpha value is -1.39. The fourth-order valence-electron chi connectivity index (χ4n) is 1.01. The van der Waals surface area contributed by atoms with Crippen molar-refractivity contribution in [2.24, 2.45) is 0 Å². The van der Waals surface area contributed by atoms with Gasteiger partial charge in [0.15, 0.2) is 0 Å². The van der Waals surface area contributed by atoms with Crippen LogP contribution >= 0.6 is 0 Å². The van der Waals surface area contributed by atoms with Gasteiger partial charge in [-0.2, -0.15) is 13.2 Å². The van der Waals surface area contributed by atoms with Crippen LogP contribution in [0.4, 0.5) is 24.5 Å². The molecule has 1 aromatic rings. The van der Waals surface area contributed by atoms with Crippen molar-refractivity contribution >= 4 is 11.4 Å². The Kier molecular flexibility index (Phi) is 2.36. The van der Waals surface area contributed by atoms with Crippen LogP contribution in [0.3, 0.4) is 0 Å². The molecule has 0 saturated heterocycles. The normalized spacial score (nSPS) is 11.4. The lowest BCUT2D eigenvalue weighted by Gasteiger charge is -2.12. The van der Waals surface area contributed by atoms with Crippen molar-refractivity contribution in [2.45, 2.75) is 6.18 Å². The Bertz CT molecular complexity index is 307. The molecule has 5 heteroatoms. The third-order valence-corrected chi connectivity index (χ3v) is 1.62. The quantitative estimate of drug-likeness (QED) is 0.667. The van der Waals surface area contributed by atoms with Crippen LogP contribution in [-0.4, -0.2) is 7.05 Å². The average molecular weight is 190 g/mol. The maximum absolute atomic E-state index is 12.3. The molecule has 3 N–H and O–H groups in total. The molecule has 0 radical (unpaired) electrons. The van der Waals surface area contributed by atoms with Gasteiger partial charge in [0.1, 0.15) is 0 Å². The van der Waals surface area contributed by atoms with E-state index in [2.05, 4.69) is 5.32 Å². The minimum Gasteiger partial charge on any atom is -0.399 e. The van der Waals surface area contributed by atoms with Crippen LogP contribution in [0.1, 0.15) is 5.56 Å². The summed E-state index contributed by atoms with van der Waals surface area (Å²) in [6.45, 7) is 0. The predicted molar refractivity (Wildman–Crippen MR) is 45.4 cm³/mol. The highest BCUT2D eigenvalue weighted by Gasteiger charge is 2.33. The van der Waals surface area contributed by atoms with E-state index in [1.54, 1.807) is 0 Å². The van der Waals surface area contributed by atoms with Gasteiger partial charge in [0.2, 0.25) is 0 Å². The first-order valence-electron chi connectivity index (χ1n) is 3.59. The number of nitrogens with one attached hydrogen (secondary N) is 1. The number of nitrogens with two attached hydrogens (primary N) is 1. The summed E-state index contributed by atoms with van der Waals surface area (Å²) in [7, 11) is 1.43. The maximum Gasteiger partial charge on any atom is 0.418 e. The summed E-state index contributed by atoms with van der Waals surface area (Å²) >= 11 is 0. The largest absolute Gasteiger partial charge is 0.418 e. The van der Waals surface area contributed by atoms with Crippen LogP contribution < -0.4 is 11.1 Å². The van der Waals surface area contributed by atoms with Gasteiger partial charge in [0.05, 0.1) is 5.56 Å². The van der Waals surface area contributed by atoms with Crippen molar-refractivity contribution in [3.63, 3.8) is 0 Å². The molecule has 1 rings (SSSR count). The smallest absolute Gasteiger partial charge is 0.399 e. The highest BCUT2D eigenvalue weighted by molar-refractivity contribution is 5.58. The average Bonchev–Trinajstić information content (AvgIpc) is 2.03. The molecule has 0 atom stereocenters. The Morgan fingerprint density at radius 1 is 1.31 bits per heavy atom. The van der Waals surface area contributed by atoms with Crippen LogP contribution in [0, 0.1) is 0 Å². The summed E-state index contributed by atoms with van der Waals surface area (Å²) in [5.41, 5.74) is 4.64. The fourth-order valence-corrected chi connectivity index (χ4v) is 1.01. The molecule has 0 fully saturated rings. The number of nitrogen functional groups attached to an aromatic ring is 1. The third kappa shape index (κ3) is 2.05. The molecule has 0 aliphatic carbocycles. The Morgan fingerprint density at radius 2 is 1.92 bits per heavy atom. The number of halogens is 3. The monoisotopic (exact) mass is 190 g/mol. The molecule has 72 valence electrons. The van der Waals surface area contributed by atoms with Crippen LogP contribution in [0.2, 0.25) is 0 Å². The standard InChI is InChI=1S/C8H9F3N2/c1-13-7-3-2-5(12)4-6(7)8(9,10)11/h2-4,13H,12H2,1H3. The minimum absolute atomic E-state index is 0.0294. The van der Waals surface area contributed by atoms with E-state index >= 15 is 0 Å². The summed E-state index contributed by atoms with van der Waals surface area (Å²) < 4.78 is 37.0. The summed E-state index contributed by atoms with van der Waals surface area (Å²) in [4.78, 5) is 0. The van der Waals surface area contributed by atoms with Gasteiger partial charge in [0, 0.05) is 18.4 Å². The van der Waals surface area contributed by atoms with Crippen LogP contribution in [0.15, 0.2) is 18.2 Å². The number of anilines is 2. The zero-order valence-corrected chi connectivity index (χ0v) is 6.94. The van der Waals surface area contributed by atoms with E-state index in [9.17, 15) is 13.2 Å². The summed E-state index contributed by atoms with van der Waals surface area (Å²) in [5, 5.41) is 2.45. The van der Waals surface area contributed by atoms with Crippen molar-refractivity contribution < 1.29 is 13.2 Å². The van der Waals surface area contributed by atoms with Gasteiger partial charge in [0.25, 0.3) is 0 Å². The van der Waals surface area contributed by atoms with Gasteiger partial charge < -0.3 is 11.1 Å². The Labute approximate surface area is 73.5 Å². The van der Waals surface area contributed by atoms with Gasteiger partial charge in [-0.25, -0.2) is 0 Å². The van der Waals surface area contributed by atoms with Crippen molar-refractivity contribution in [1.82, 2.24) is 0 Å². The topological polar surface area (TPSA) is 38.0 Å². The first kappa shape index (κ1) is 9.70. The first-order chi connectivity index (χ1) is 5.95. The third-order valence-electron chi connectivity index (χ3n) is 1.62. The molecule has 0 amide bonds. The predicted octanol–water partition coefficient (Wildman–Crippen LogP) is 2.33. The molecule has 0 aromatic heterocycles.